The fourth-order valence-electron chi connectivity index (χ4n) is 3.18. The zero-order valence-electron chi connectivity index (χ0n) is 16.0. The van der Waals surface area contributed by atoms with Crippen LogP contribution in [0, 0.1) is 17.0 Å². The monoisotopic (exact) mass is 430 g/mol. The summed E-state index contributed by atoms with van der Waals surface area (Å²) < 4.78 is 37.3. The van der Waals surface area contributed by atoms with Crippen molar-refractivity contribution in [1.82, 2.24) is 14.4 Å². The first-order chi connectivity index (χ1) is 14.3. The zero-order chi connectivity index (χ0) is 21.3. The summed E-state index contributed by atoms with van der Waals surface area (Å²) >= 11 is 0. The van der Waals surface area contributed by atoms with Crippen LogP contribution in [0.1, 0.15) is 18.7 Å². The molecule has 11 heteroatoms. The highest BCUT2D eigenvalue weighted by molar-refractivity contribution is 7.89. The number of aromatic nitrogens is 2. The molecule has 1 aromatic heterocycles. The number of nitro groups is 1. The average Bonchev–Trinajstić information content (AvgIpc) is 3.41. The molecular formula is C19H18N4O6S. The van der Waals surface area contributed by atoms with Crippen molar-refractivity contribution in [1.29, 1.82) is 0 Å². The topological polar surface area (TPSA) is 129 Å². The first-order valence-corrected chi connectivity index (χ1v) is 10.7. The predicted molar refractivity (Wildman–Crippen MR) is 106 cm³/mol. The standard InChI is InChI=1S/C19H18N4O6S/c1-13-20-19(21-29-13)14-4-6-15(7-5-14)28-18-9-8-16(12-17(18)23(24)25)30(26,27)22-10-2-3-11-22/h4-9,12H,2-3,10-11H2,1H3. The van der Waals surface area contributed by atoms with Crippen LogP contribution in [-0.2, 0) is 10.0 Å². The van der Waals surface area contributed by atoms with Crippen LogP contribution in [-0.4, -0.2) is 40.9 Å². The Balaban J connectivity index is 1.60. The predicted octanol–water partition coefficient (Wildman–Crippen LogP) is 3.53. The van der Waals surface area contributed by atoms with Crippen LogP contribution >= 0.6 is 0 Å². The Kier molecular flexibility index (Phi) is 5.22. The van der Waals surface area contributed by atoms with Gasteiger partial charge in [0, 0.05) is 31.6 Å². The summed E-state index contributed by atoms with van der Waals surface area (Å²) in [5.41, 5.74) is 0.272. The van der Waals surface area contributed by atoms with Crippen molar-refractivity contribution in [3.8, 4) is 22.9 Å². The molecule has 1 aliphatic rings. The molecule has 3 aromatic rings. The number of nitro benzene ring substituents is 1. The second kappa shape index (κ2) is 7.84. The van der Waals surface area contributed by atoms with E-state index in [4.69, 9.17) is 9.26 Å². The number of nitrogens with zero attached hydrogens (tertiary/aromatic N) is 4. The van der Waals surface area contributed by atoms with Crippen LogP contribution in [0.2, 0.25) is 0 Å². The van der Waals surface area contributed by atoms with Crippen molar-refractivity contribution >= 4 is 15.7 Å². The number of rotatable bonds is 6. The van der Waals surface area contributed by atoms with Gasteiger partial charge in [-0.1, -0.05) is 5.16 Å². The van der Waals surface area contributed by atoms with E-state index in [0.29, 0.717) is 36.1 Å². The lowest BCUT2D eigenvalue weighted by atomic mass is 10.2. The van der Waals surface area contributed by atoms with Gasteiger partial charge < -0.3 is 9.26 Å². The van der Waals surface area contributed by atoms with Crippen LogP contribution in [0.15, 0.2) is 51.9 Å². The molecule has 1 saturated heterocycles. The van der Waals surface area contributed by atoms with Crippen molar-refractivity contribution in [2.75, 3.05) is 13.1 Å². The fourth-order valence-corrected chi connectivity index (χ4v) is 4.72. The molecule has 0 radical (unpaired) electrons. The molecule has 0 spiro atoms. The van der Waals surface area contributed by atoms with Crippen molar-refractivity contribution in [2.24, 2.45) is 0 Å². The third-order valence-electron chi connectivity index (χ3n) is 4.70. The van der Waals surface area contributed by atoms with Crippen LogP contribution in [0.5, 0.6) is 11.5 Å². The van der Waals surface area contributed by atoms with Crippen molar-refractivity contribution < 1.29 is 22.6 Å². The van der Waals surface area contributed by atoms with Gasteiger partial charge in [0.15, 0.2) is 0 Å². The molecule has 0 unspecified atom stereocenters. The van der Waals surface area contributed by atoms with E-state index in [1.54, 1.807) is 31.2 Å². The highest BCUT2D eigenvalue weighted by atomic mass is 32.2. The summed E-state index contributed by atoms with van der Waals surface area (Å²) in [4.78, 5) is 14.9. The van der Waals surface area contributed by atoms with Crippen LogP contribution in [0.3, 0.4) is 0 Å². The number of ether oxygens (including phenoxy) is 1. The molecular weight excluding hydrogens is 412 g/mol. The van der Waals surface area contributed by atoms with E-state index in [-0.39, 0.29) is 10.6 Å². The summed E-state index contributed by atoms with van der Waals surface area (Å²) in [5, 5.41) is 15.4. The van der Waals surface area contributed by atoms with Gasteiger partial charge in [0.25, 0.3) is 0 Å². The lowest BCUT2D eigenvalue weighted by Crippen LogP contribution is -2.27. The van der Waals surface area contributed by atoms with E-state index in [1.807, 2.05) is 0 Å². The maximum Gasteiger partial charge on any atom is 0.312 e. The molecule has 2 heterocycles. The molecule has 156 valence electrons. The maximum atomic E-state index is 12.7. The third-order valence-corrected chi connectivity index (χ3v) is 6.59. The van der Waals surface area contributed by atoms with E-state index in [1.165, 1.54) is 16.4 Å². The van der Waals surface area contributed by atoms with Gasteiger partial charge in [0.1, 0.15) is 5.75 Å². The minimum absolute atomic E-state index is 0.0523. The highest BCUT2D eigenvalue weighted by Crippen LogP contribution is 2.35. The normalized spacial score (nSPS) is 14.7. The summed E-state index contributed by atoms with van der Waals surface area (Å²) in [6.45, 7) is 2.52. The number of sulfonamides is 1. The minimum Gasteiger partial charge on any atom is -0.450 e. The zero-order valence-corrected chi connectivity index (χ0v) is 16.8. The van der Waals surface area contributed by atoms with Crippen molar-refractivity contribution in [2.45, 2.75) is 24.7 Å². The molecule has 0 amide bonds. The lowest BCUT2D eigenvalue weighted by molar-refractivity contribution is -0.385. The summed E-state index contributed by atoms with van der Waals surface area (Å²) in [5.74, 6) is 1.15. The minimum atomic E-state index is -3.77. The second-order valence-electron chi connectivity index (χ2n) is 6.76. The third kappa shape index (κ3) is 3.89. The van der Waals surface area contributed by atoms with E-state index in [2.05, 4.69) is 10.1 Å². The Morgan fingerprint density at radius 2 is 1.83 bits per heavy atom. The Morgan fingerprint density at radius 1 is 1.13 bits per heavy atom. The number of hydrogen-bond acceptors (Lipinski definition) is 8. The average molecular weight is 430 g/mol. The molecule has 0 N–H and O–H groups in total. The Morgan fingerprint density at radius 3 is 2.43 bits per heavy atom. The van der Waals surface area contributed by atoms with Crippen LogP contribution < -0.4 is 4.74 Å². The molecule has 0 saturated carbocycles. The number of benzene rings is 2. The van der Waals surface area contributed by atoms with Crippen molar-refractivity contribution in [3.63, 3.8) is 0 Å². The van der Waals surface area contributed by atoms with Crippen molar-refractivity contribution in [3.05, 3.63) is 58.5 Å². The van der Waals surface area contributed by atoms with Gasteiger partial charge in [-0.25, -0.2) is 8.42 Å². The van der Waals surface area contributed by atoms with Gasteiger partial charge in [-0.15, -0.1) is 0 Å². The molecule has 2 aromatic carbocycles. The molecule has 0 bridgehead atoms. The van der Waals surface area contributed by atoms with Gasteiger partial charge in [-0.05, 0) is 49.2 Å². The first-order valence-electron chi connectivity index (χ1n) is 9.22. The largest absolute Gasteiger partial charge is 0.450 e. The Labute approximate surface area is 172 Å². The van der Waals surface area contributed by atoms with Gasteiger partial charge in [-0.2, -0.15) is 9.29 Å². The maximum absolute atomic E-state index is 12.7. The molecule has 4 rings (SSSR count). The number of aryl methyl sites for hydroxylation is 1. The molecule has 1 fully saturated rings. The van der Waals surface area contributed by atoms with Crippen LogP contribution in [0.25, 0.3) is 11.4 Å². The molecule has 0 atom stereocenters. The van der Waals surface area contributed by atoms with Gasteiger partial charge >= 0.3 is 5.69 Å². The van der Waals surface area contributed by atoms with E-state index in [0.717, 1.165) is 18.9 Å². The number of hydrogen-bond donors (Lipinski definition) is 0. The summed E-state index contributed by atoms with van der Waals surface area (Å²) in [6, 6.07) is 10.3. The molecule has 1 aliphatic heterocycles. The molecule has 10 nitrogen and oxygen atoms in total. The van der Waals surface area contributed by atoms with Gasteiger partial charge in [0.05, 0.1) is 9.82 Å². The molecule has 30 heavy (non-hydrogen) atoms. The summed E-state index contributed by atoms with van der Waals surface area (Å²) in [7, 11) is -3.77. The van der Waals surface area contributed by atoms with E-state index < -0.39 is 20.6 Å². The Hall–Kier alpha value is -3.31. The van der Waals surface area contributed by atoms with Crippen LogP contribution in [0.4, 0.5) is 5.69 Å². The van der Waals surface area contributed by atoms with Gasteiger partial charge in [0.2, 0.25) is 27.5 Å². The SMILES string of the molecule is Cc1nc(-c2ccc(Oc3ccc(S(=O)(=O)N4CCCC4)cc3[N+](=O)[O-])cc2)no1. The highest BCUT2D eigenvalue weighted by Gasteiger charge is 2.30. The summed E-state index contributed by atoms with van der Waals surface area (Å²) in [6.07, 6.45) is 1.56. The van der Waals surface area contributed by atoms with E-state index in [9.17, 15) is 18.5 Å². The fraction of sp³-hybridized carbons (Fsp3) is 0.263. The second-order valence-corrected chi connectivity index (χ2v) is 8.70. The Bertz CT molecular complexity index is 1180. The first kappa shape index (κ1) is 20.0. The van der Waals surface area contributed by atoms with Gasteiger partial charge in [-0.3, -0.25) is 10.1 Å². The lowest BCUT2D eigenvalue weighted by Gasteiger charge is -2.16. The quantitative estimate of drug-likeness (QED) is 0.429. The van der Waals surface area contributed by atoms with E-state index >= 15 is 0 Å². The smallest absolute Gasteiger partial charge is 0.312 e. The molecule has 0 aliphatic carbocycles.